The van der Waals surface area contributed by atoms with Gasteiger partial charge in [0.05, 0.1) is 0 Å². The van der Waals surface area contributed by atoms with E-state index >= 15 is 0 Å². The molecule has 0 aliphatic heterocycles. The van der Waals surface area contributed by atoms with Gasteiger partial charge in [-0.05, 0) is 249 Å². The number of aryl methyl sites for hydroxylation is 6. The van der Waals surface area contributed by atoms with Crippen LogP contribution >= 0.6 is 0 Å². The largest absolute Gasteiger partial charge is 0.341 e. The van der Waals surface area contributed by atoms with Crippen LogP contribution in [0.4, 0.5) is 0 Å². The van der Waals surface area contributed by atoms with Crippen LogP contribution in [-0.2, 0) is 18.5 Å². The fourth-order valence-electron chi connectivity index (χ4n) is 18.1. The summed E-state index contributed by atoms with van der Waals surface area (Å²) in [5, 5.41) is 15.6. The maximum Gasteiger partial charge on any atom is 0.0491 e. The molecule has 2 heterocycles. The normalized spacial score (nSPS) is 11.8. The number of rotatable bonds is 12. The average Bonchev–Trinajstić information content (AvgIpc) is 1.54. The van der Waals surface area contributed by atoms with E-state index in [4.69, 9.17) is 0 Å². The summed E-state index contributed by atoms with van der Waals surface area (Å²) in [5.41, 5.74) is 36.6. The summed E-state index contributed by atoms with van der Waals surface area (Å²) in [6.45, 7) is 22.0. The van der Waals surface area contributed by atoms with Crippen molar-refractivity contribution in [3.8, 4) is 111 Å². The van der Waals surface area contributed by atoms with Crippen LogP contribution < -0.4 is 0 Å². The molecule has 0 saturated carbocycles. The standard InChI is InChI=1S/C60H45N.C52H45N/c1-4-61-57-13-9-8-12-51(57)54-38-50(32-35-58(54)61)47-22-20-44(21-23-47)46-26-30-49(31-27-46)60-53-34-15-39(2)36-55(53)59(52-33-14-40(3)37-56(52)60)48-28-24-45(25-29-48)43-18-16-42(17-19-43)41-10-6-5-7-11-41;1-7-53-48-27-23-40(31-44(48)45-32-41(52(4,5)6)24-28-49(45)53)37-17-15-35(16-18-37)36-19-21-39(22-20-36)51-43-26-14-33(2)29-46(43)50(38-11-9-8-10-12-38)42-25-13-34(3)30-47(42)51/h5-38H,4H2,1-3H3;8-32H,7H2,1-6H3. The fourth-order valence-corrected chi connectivity index (χ4v) is 18.1. The molecule has 0 N–H and O–H groups in total. The fraction of sp³-hybridized carbons (Fsp3) is 0.107. The first-order valence-electron chi connectivity index (χ1n) is 40.4. The Bertz CT molecular complexity index is 7090. The smallest absolute Gasteiger partial charge is 0.0491 e. The minimum Gasteiger partial charge on any atom is -0.341 e. The van der Waals surface area contributed by atoms with E-state index in [-0.39, 0.29) is 5.41 Å². The van der Waals surface area contributed by atoms with Crippen molar-refractivity contribution in [2.24, 2.45) is 0 Å². The Hall–Kier alpha value is -13.4. The maximum absolute atomic E-state index is 2.44. The second-order valence-electron chi connectivity index (χ2n) is 32.3. The molecule has 2 heteroatoms. The molecule has 0 bridgehead atoms. The van der Waals surface area contributed by atoms with Gasteiger partial charge in [0, 0.05) is 56.7 Å². The number of aromatic nitrogens is 2. The van der Waals surface area contributed by atoms with Crippen LogP contribution in [0.3, 0.4) is 0 Å². The second kappa shape index (κ2) is 29.0. The molecule has 0 atom stereocenters. The van der Waals surface area contributed by atoms with E-state index < -0.39 is 0 Å². The third-order valence-electron chi connectivity index (χ3n) is 24.0. The van der Waals surface area contributed by atoms with E-state index in [1.165, 1.54) is 226 Å². The highest BCUT2D eigenvalue weighted by Gasteiger charge is 2.23. The van der Waals surface area contributed by atoms with Crippen molar-refractivity contribution in [2.45, 2.75) is 80.8 Å². The van der Waals surface area contributed by atoms with Gasteiger partial charge in [0.1, 0.15) is 0 Å². The van der Waals surface area contributed by atoms with Crippen molar-refractivity contribution in [1.82, 2.24) is 9.13 Å². The molecule has 0 aliphatic carbocycles. The zero-order valence-electron chi connectivity index (χ0n) is 66.4. The molecule has 0 aliphatic rings. The average molecular weight is 1460 g/mol. The third-order valence-corrected chi connectivity index (χ3v) is 24.0. The first-order valence-corrected chi connectivity index (χ1v) is 40.4. The number of nitrogens with zero attached hydrogens (tertiary/aromatic N) is 2. The molecular formula is C112H90N2. The SMILES string of the molecule is CCn1c2ccc(-c3ccc(-c4ccc(-c5c6ccc(C)cc6c(-c6ccccc6)c6ccc(C)cc56)cc4)cc3)cc2c2cc(C(C)(C)C)ccc21.CCn1c2ccccc2c2cc(-c3ccc(-c4ccc(-c5c6ccc(C)cc6c(-c6ccc(-c7ccc(-c8ccccc8)cc7)cc6)c6ccc(C)cc56)cc4)cc3)ccc21. The van der Waals surface area contributed by atoms with Crippen molar-refractivity contribution in [2.75, 3.05) is 0 Å². The first kappa shape index (κ1) is 70.9. The number of hydrogen-bond acceptors (Lipinski definition) is 0. The van der Waals surface area contributed by atoms with E-state index in [1.807, 2.05) is 0 Å². The van der Waals surface area contributed by atoms with E-state index in [9.17, 15) is 0 Å². The lowest BCUT2D eigenvalue weighted by molar-refractivity contribution is 0.591. The Kier molecular flexibility index (Phi) is 18.1. The van der Waals surface area contributed by atoms with Gasteiger partial charge in [0.25, 0.3) is 0 Å². The van der Waals surface area contributed by atoms with Crippen LogP contribution in [0.2, 0.25) is 0 Å². The van der Waals surface area contributed by atoms with Crippen LogP contribution in [0.5, 0.6) is 0 Å². The Morgan fingerprint density at radius 2 is 0.421 bits per heavy atom. The van der Waals surface area contributed by atoms with Gasteiger partial charge in [-0.2, -0.15) is 0 Å². The zero-order valence-corrected chi connectivity index (χ0v) is 66.4. The molecule has 548 valence electrons. The van der Waals surface area contributed by atoms with Gasteiger partial charge in [-0.25, -0.2) is 0 Å². The van der Waals surface area contributed by atoms with Gasteiger partial charge in [-0.3, -0.25) is 0 Å². The summed E-state index contributed by atoms with van der Waals surface area (Å²) in [4.78, 5) is 0. The topological polar surface area (TPSA) is 9.86 Å². The van der Waals surface area contributed by atoms with Gasteiger partial charge < -0.3 is 9.13 Å². The summed E-state index contributed by atoms with van der Waals surface area (Å²) in [6.07, 6.45) is 0. The molecule has 0 radical (unpaired) electrons. The van der Waals surface area contributed by atoms with Crippen molar-refractivity contribution in [3.63, 3.8) is 0 Å². The van der Waals surface area contributed by atoms with Crippen molar-refractivity contribution < 1.29 is 0 Å². The van der Waals surface area contributed by atoms with Crippen LogP contribution in [0.1, 0.15) is 62.4 Å². The number of fused-ring (bicyclic) bond motifs is 10. The molecule has 18 aromatic carbocycles. The minimum absolute atomic E-state index is 0.104. The Morgan fingerprint density at radius 3 is 0.746 bits per heavy atom. The van der Waals surface area contributed by atoms with Crippen molar-refractivity contribution in [1.29, 1.82) is 0 Å². The molecule has 0 amide bonds. The predicted molar refractivity (Wildman–Crippen MR) is 492 cm³/mol. The van der Waals surface area contributed by atoms with Gasteiger partial charge in [0.2, 0.25) is 0 Å². The summed E-state index contributed by atoms with van der Waals surface area (Å²) in [6, 6.07) is 134. The molecule has 0 fully saturated rings. The van der Waals surface area contributed by atoms with Crippen LogP contribution in [0.25, 0.3) is 198 Å². The zero-order chi connectivity index (χ0) is 77.5. The summed E-state index contributed by atoms with van der Waals surface area (Å²) >= 11 is 0. The van der Waals surface area contributed by atoms with E-state index in [1.54, 1.807) is 0 Å². The summed E-state index contributed by atoms with van der Waals surface area (Å²) < 4.78 is 4.86. The van der Waals surface area contributed by atoms with Crippen molar-refractivity contribution >= 4 is 86.7 Å². The Morgan fingerprint density at radius 1 is 0.184 bits per heavy atom. The number of para-hydroxylation sites is 1. The van der Waals surface area contributed by atoms with E-state index in [0.29, 0.717) is 0 Å². The molecule has 0 spiro atoms. The van der Waals surface area contributed by atoms with E-state index in [2.05, 4.69) is 429 Å². The van der Waals surface area contributed by atoms with Crippen LogP contribution in [0.15, 0.2) is 358 Å². The molecule has 114 heavy (non-hydrogen) atoms. The number of benzene rings is 18. The highest BCUT2D eigenvalue weighted by molar-refractivity contribution is 6.23. The summed E-state index contributed by atoms with van der Waals surface area (Å²) in [7, 11) is 0. The molecule has 0 unspecified atom stereocenters. The quantitative estimate of drug-likeness (QED) is 0.108. The lowest BCUT2D eigenvalue weighted by Crippen LogP contribution is -2.10. The molecule has 0 saturated heterocycles. The monoisotopic (exact) mass is 1460 g/mol. The summed E-state index contributed by atoms with van der Waals surface area (Å²) in [5.74, 6) is 0. The van der Waals surface area contributed by atoms with Gasteiger partial charge in [-0.15, -0.1) is 0 Å². The second-order valence-corrected chi connectivity index (χ2v) is 32.3. The molecular weight excluding hydrogens is 1370 g/mol. The highest BCUT2D eigenvalue weighted by Crippen LogP contribution is 2.48. The van der Waals surface area contributed by atoms with Gasteiger partial charge >= 0.3 is 0 Å². The van der Waals surface area contributed by atoms with Gasteiger partial charge in [-0.1, -0.05) is 358 Å². The maximum atomic E-state index is 2.44. The Labute approximate surface area is 669 Å². The predicted octanol–water partition coefficient (Wildman–Crippen LogP) is 31.4. The Balaban J connectivity index is 0.000000154. The lowest BCUT2D eigenvalue weighted by atomic mass is 9.84. The third kappa shape index (κ3) is 12.8. The minimum atomic E-state index is 0.104. The van der Waals surface area contributed by atoms with Crippen LogP contribution in [-0.4, -0.2) is 9.13 Å². The number of hydrogen-bond donors (Lipinski definition) is 0. The molecule has 20 aromatic rings. The van der Waals surface area contributed by atoms with E-state index in [0.717, 1.165) is 13.1 Å². The lowest BCUT2D eigenvalue weighted by Gasteiger charge is -2.19. The van der Waals surface area contributed by atoms with Gasteiger partial charge in [0.15, 0.2) is 0 Å². The highest BCUT2D eigenvalue weighted by atomic mass is 15.0. The molecule has 2 nitrogen and oxygen atoms in total. The molecule has 2 aromatic heterocycles. The van der Waals surface area contributed by atoms with Crippen LogP contribution in [0, 0.1) is 27.7 Å². The van der Waals surface area contributed by atoms with Crippen molar-refractivity contribution in [3.05, 3.63) is 386 Å². The molecule has 20 rings (SSSR count). The first-order chi connectivity index (χ1) is 55.7.